The number of pyridine rings is 1. The molecule has 7 nitrogen and oxygen atoms in total. The van der Waals surface area contributed by atoms with E-state index in [-0.39, 0.29) is 18.0 Å². The molecule has 0 bridgehead atoms. The first-order chi connectivity index (χ1) is 15.5. The number of nitrogens with one attached hydrogen (secondary N) is 2. The van der Waals surface area contributed by atoms with Gasteiger partial charge in [-0.05, 0) is 55.3 Å². The summed E-state index contributed by atoms with van der Waals surface area (Å²) >= 11 is 11.9. The SMILES string of the molecule is O=C(N[C@H]1CC[C@H](c2nnc(-c3ccc(Cl)cc3)o2)NC1)c1cnc2cc(Cl)ccc2c1. The lowest BCUT2D eigenvalue weighted by molar-refractivity contribution is 0.0926. The molecule has 9 heteroatoms. The maximum atomic E-state index is 12.7. The molecular weight excluding hydrogens is 449 g/mol. The minimum Gasteiger partial charge on any atom is -0.419 e. The molecule has 2 atom stereocenters. The summed E-state index contributed by atoms with van der Waals surface area (Å²) in [6.45, 7) is 0.603. The Balaban J connectivity index is 1.19. The van der Waals surface area contributed by atoms with Gasteiger partial charge in [-0.25, -0.2) is 0 Å². The molecular formula is C23H19Cl2N5O2. The maximum absolute atomic E-state index is 12.7. The molecule has 0 aliphatic carbocycles. The fourth-order valence-corrected chi connectivity index (χ4v) is 4.05. The van der Waals surface area contributed by atoms with Crippen LogP contribution in [0.2, 0.25) is 10.0 Å². The van der Waals surface area contributed by atoms with Gasteiger partial charge in [0.05, 0.1) is 17.1 Å². The number of fused-ring (bicyclic) bond motifs is 1. The molecule has 0 unspecified atom stereocenters. The molecule has 1 aliphatic rings. The Hall–Kier alpha value is -3.00. The summed E-state index contributed by atoms with van der Waals surface area (Å²) in [7, 11) is 0. The number of hydrogen-bond acceptors (Lipinski definition) is 6. The van der Waals surface area contributed by atoms with E-state index >= 15 is 0 Å². The average Bonchev–Trinajstić information content (AvgIpc) is 3.30. The predicted octanol–water partition coefficient (Wildman–Crippen LogP) is 4.81. The minimum absolute atomic E-state index is 0.00155. The Kier molecular flexibility index (Phi) is 5.78. The van der Waals surface area contributed by atoms with Crippen LogP contribution in [-0.4, -0.2) is 33.7 Å². The number of nitrogens with zero attached hydrogens (tertiary/aromatic N) is 3. The van der Waals surface area contributed by atoms with E-state index in [1.165, 1.54) is 0 Å². The van der Waals surface area contributed by atoms with Crippen LogP contribution in [0.3, 0.4) is 0 Å². The number of carbonyl (C=O) groups is 1. The fourth-order valence-electron chi connectivity index (χ4n) is 3.76. The molecule has 0 saturated carbocycles. The fraction of sp³-hybridized carbons (Fsp3) is 0.217. The van der Waals surface area contributed by atoms with Gasteiger partial charge < -0.3 is 15.1 Å². The lowest BCUT2D eigenvalue weighted by Crippen LogP contribution is -2.46. The quantitative estimate of drug-likeness (QED) is 0.447. The number of piperidine rings is 1. The second-order valence-corrected chi connectivity index (χ2v) is 8.59. The zero-order valence-electron chi connectivity index (χ0n) is 16.9. The Labute approximate surface area is 194 Å². The molecule has 1 aliphatic heterocycles. The highest BCUT2D eigenvalue weighted by Crippen LogP contribution is 2.26. The lowest BCUT2D eigenvalue weighted by atomic mass is 10.0. The highest BCUT2D eigenvalue weighted by Gasteiger charge is 2.27. The summed E-state index contributed by atoms with van der Waals surface area (Å²) < 4.78 is 5.85. The number of rotatable bonds is 4. The zero-order chi connectivity index (χ0) is 22.1. The summed E-state index contributed by atoms with van der Waals surface area (Å²) in [4.78, 5) is 17.0. The standard InChI is InChI=1S/C23H19Cl2N5O2/c24-16-4-1-13(2-5-16)22-29-30-23(32-22)19-8-7-18(12-27-19)28-21(31)15-9-14-3-6-17(25)10-20(14)26-11-15/h1-6,9-11,18-19,27H,7-8,12H2,(H,28,31)/t18-,19+/m0/s1. The summed E-state index contributed by atoms with van der Waals surface area (Å²) in [6.07, 6.45) is 3.13. The van der Waals surface area contributed by atoms with Crippen LogP contribution in [0.15, 0.2) is 59.1 Å². The van der Waals surface area contributed by atoms with E-state index in [4.69, 9.17) is 27.6 Å². The number of halogens is 2. The Morgan fingerprint density at radius 1 is 1.03 bits per heavy atom. The monoisotopic (exact) mass is 467 g/mol. The molecule has 2 aromatic carbocycles. The van der Waals surface area contributed by atoms with Crippen LogP contribution >= 0.6 is 23.2 Å². The number of carbonyl (C=O) groups excluding carboxylic acids is 1. The molecule has 2 aromatic heterocycles. The van der Waals surface area contributed by atoms with Crippen LogP contribution in [0.1, 0.15) is 35.1 Å². The van der Waals surface area contributed by atoms with Gasteiger partial charge in [-0.15, -0.1) is 10.2 Å². The smallest absolute Gasteiger partial charge is 0.253 e. The first-order valence-electron chi connectivity index (χ1n) is 10.2. The van der Waals surface area contributed by atoms with Crippen LogP contribution < -0.4 is 10.6 Å². The lowest BCUT2D eigenvalue weighted by Gasteiger charge is -2.28. The van der Waals surface area contributed by atoms with Gasteiger partial charge >= 0.3 is 0 Å². The van der Waals surface area contributed by atoms with Crippen molar-refractivity contribution >= 4 is 40.0 Å². The molecule has 1 saturated heterocycles. The van der Waals surface area contributed by atoms with Gasteiger partial charge in [0.2, 0.25) is 11.8 Å². The topological polar surface area (TPSA) is 92.9 Å². The van der Waals surface area contributed by atoms with E-state index in [2.05, 4.69) is 25.8 Å². The predicted molar refractivity (Wildman–Crippen MR) is 123 cm³/mol. The van der Waals surface area contributed by atoms with Crippen molar-refractivity contribution in [2.75, 3.05) is 6.54 Å². The Morgan fingerprint density at radius 2 is 1.84 bits per heavy atom. The summed E-state index contributed by atoms with van der Waals surface area (Å²) in [5.41, 5.74) is 2.10. The van der Waals surface area contributed by atoms with Crippen molar-refractivity contribution in [3.63, 3.8) is 0 Å². The Morgan fingerprint density at radius 3 is 2.62 bits per heavy atom. The number of hydrogen-bond donors (Lipinski definition) is 2. The van der Waals surface area contributed by atoms with Gasteiger partial charge in [0.15, 0.2) is 0 Å². The van der Waals surface area contributed by atoms with E-state index in [9.17, 15) is 4.79 Å². The Bertz CT molecular complexity index is 1270. The van der Waals surface area contributed by atoms with Crippen LogP contribution in [0.4, 0.5) is 0 Å². The van der Waals surface area contributed by atoms with E-state index in [0.29, 0.717) is 33.9 Å². The van der Waals surface area contributed by atoms with E-state index in [1.54, 1.807) is 30.5 Å². The van der Waals surface area contributed by atoms with Crippen molar-refractivity contribution in [3.8, 4) is 11.5 Å². The molecule has 3 heterocycles. The number of amides is 1. The molecule has 0 spiro atoms. The minimum atomic E-state index is -0.151. The van der Waals surface area contributed by atoms with Crippen molar-refractivity contribution in [1.82, 2.24) is 25.8 Å². The molecule has 32 heavy (non-hydrogen) atoms. The largest absolute Gasteiger partial charge is 0.419 e. The number of benzene rings is 2. The van der Waals surface area contributed by atoms with E-state index in [0.717, 1.165) is 29.3 Å². The summed E-state index contributed by atoms with van der Waals surface area (Å²) in [5, 5.41) is 16.9. The summed E-state index contributed by atoms with van der Waals surface area (Å²) in [6, 6.07) is 14.4. The third kappa shape index (κ3) is 4.46. The molecule has 2 N–H and O–H groups in total. The van der Waals surface area contributed by atoms with Crippen molar-refractivity contribution in [2.24, 2.45) is 0 Å². The van der Waals surface area contributed by atoms with Crippen molar-refractivity contribution in [1.29, 1.82) is 0 Å². The normalized spacial score (nSPS) is 18.6. The van der Waals surface area contributed by atoms with Gasteiger partial charge in [0.25, 0.3) is 5.91 Å². The van der Waals surface area contributed by atoms with Crippen LogP contribution in [0, 0.1) is 0 Å². The van der Waals surface area contributed by atoms with Crippen LogP contribution in [0.25, 0.3) is 22.4 Å². The third-order valence-electron chi connectivity index (χ3n) is 5.49. The molecule has 1 fully saturated rings. The highest BCUT2D eigenvalue weighted by molar-refractivity contribution is 6.31. The van der Waals surface area contributed by atoms with Gasteiger partial charge in [-0.1, -0.05) is 29.3 Å². The van der Waals surface area contributed by atoms with Crippen molar-refractivity contribution < 1.29 is 9.21 Å². The molecule has 162 valence electrons. The highest BCUT2D eigenvalue weighted by atomic mass is 35.5. The maximum Gasteiger partial charge on any atom is 0.253 e. The van der Waals surface area contributed by atoms with Crippen LogP contribution in [-0.2, 0) is 0 Å². The molecule has 0 radical (unpaired) electrons. The second-order valence-electron chi connectivity index (χ2n) is 7.72. The van der Waals surface area contributed by atoms with Crippen molar-refractivity contribution in [3.05, 3.63) is 76.2 Å². The number of aromatic nitrogens is 3. The molecule has 1 amide bonds. The average molecular weight is 468 g/mol. The van der Waals surface area contributed by atoms with Gasteiger partial charge in [-0.3, -0.25) is 9.78 Å². The molecule has 5 rings (SSSR count). The van der Waals surface area contributed by atoms with Gasteiger partial charge in [0.1, 0.15) is 0 Å². The first kappa shape index (κ1) is 20.9. The van der Waals surface area contributed by atoms with Gasteiger partial charge in [-0.2, -0.15) is 0 Å². The van der Waals surface area contributed by atoms with E-state index < -0.39 is 0 Å². The van der Waals surface area contributed by atoms with E-state index in [1.807, 2.05) is 24.3 Å². The summed E-state index contributed by atoms with van der Waals surface area (Å²) in [5.74, 6) is 0.846. The zero-order valence-corrected chi connectivity index (χ0v) is 18.4. The second kappa shape index (κ2) is 8.86. The van der Waals surface area contributed by atoms with Crippen LogP contribution in [0.5, 0.6) is 0 Å². The van der Waals surface area contributed by atoms with Gasteiger partial charge in [0, 0.05) is 39.8 Å². The third-order valence-corrected chi connectivity index (χ3v) is 5.98. The molecule has 4 aromatic rings. The van der Waals surface area contributed by atoms with Crippen molar-refractivity contribution in [2.45, 2.75) is 24.9 Å². The first-order valence-corrected chi connectivity index (χ1v) is 11.0.